The number of amides is 1. The first kappa shape index (κ1) is 10.2. The fourth-order valence-corrected chi connectivity index (χ4v) is 1.27. The summed E-state index contributed by atoms with van der Waals surface area (Å²) in [7, 11) is 0. The topological polar surface area (TPSA) is 106 Å². The Labute approximate surface area is 90.3 Å². The van der Waals surface area contributed by atoms with Gasteiger partial charge in [0.15, 0.2) is 0 Å². The van der Waals surface area contributed by atoms with Crippen LogP contribution in [0, 0.1) is 0 Å². The van der Waals surface area contributed by atoms with E-state index in [9.17, 15) is 9.59 Å². The summed E-state index contributed by atoms with van der Waals surface area (Å²) in [5, 5.41) is 2.66. The van der Waals surface area contributed by atoms with E-state index in [1.807, 2.05) is 0 Å². The van der Waals surface area contributed by atoms with Gasteiger partial charge in [0.25, 0.3) is 0 Å². The Morgan fingerprint density at radius 2 is 2.31 bits per heavy atom. The lowest BCUT2D eigenvalue weighted by Crippen LogP contribution is -2.25. The molecule has 7 heteroatoms. The van der Waals surface area contributed by atoms with Crippen molar-refractivity contribution in [2.75, 3.05) is 0 Å². The molecule has 4 N–H and O–H groups in total. The van der Waals surface area contributed by atoms with Gasteiger partial charge in [-0.1, -0.05) is 0 Å². The average molecular weight is 221 g/mol. The van der Waals surface area contributed by atoms with Gasteiger partial charge in [0, 0.05) is 18.6 Å². The van der Waals surface area contributed by atoms with Crippen LogP contribution in [0.3, 0.4) is 0 Å². The third-order valence-corrected chi connectivity index (χ3v) is 2.01. The molecule has 2 rings (SSSR count). The Morgan fingerprint density at radius 1 is 1.44 bits per heavy atom. The van der Waals surface area contributed by atoms with E-state index in [2.05, 4.69) is 25.3 Å². The first-order chi connectivity index (χ1) is 7.74. The molecule has 0 aromatic carbocycles. The van der Waals surface area contributed by atoms with E-state index in [-0.39, 0.29) is 24.6 Å². The van der Waals surface area contributed by atoms with Crippen LogP contribution < -0.4 is 11.0 Å². The summed E-state index contributed by atoms with van der Waals surface area (Å²) in [4.78, 5) is 33.9. The molecule has 0 bridgehead atoms. The number of carbonyl (C=O) groups is 1. The van der Waals surface area contributed by atoms with Crippen LogP contribution in [-0.4, -0.2) is 25.8 Å². The highest BCUT2D eigenvalue weighted by molar-refractivity contribution is 5.77. The van der Waals surface area contributed by atoms with Gasteiger partial charge in [-0.25, -0.2) is 9.78 Å². The van der Waals surface area contributed by atoms with Crippen molar-refractivity contribution in [1.82, 2.24) is 25.3 Å². The quantitative estimate of drug-likeness (QED) is 0.547. The number of nitrogens with zero attached hydrogens (tertiary/aromatic N) is 1. The molecule has 84 valence electrons. The van der Waals surface area contributed by atoms with Crippen molar-refractivity contribution in [2.24, 2.45) is 0 Å². The maximum Gasteiger partial charge on any atom is 0.323 e. The predicted molar refractivity (Wildman–Crippen MR) is 55.6 cm³/mol. The number of rotatable bonds is 4. The largest absolute Gasteiger partial charge is 0.350 e. The lowest BCUT2D eigenvalue weighted by Gasteiger charge is -2.01. The van der Waals surface area contributed by atoms with Gasteiger partial charge >= 0.3 is 5.69 Å². The highest BCUT2D eigenvalue weighted by atomic mass is 16.2. The normalized spacial score (nSPS) is 10.2. The molecule has 16 heavy (non-hydrogen) atoms. The fourth-order valence-electron chi connectivity index (χ4n) is 1.27. The van der Waals surface area contributed by atoms with Crippen molar-refractivity contribution in [1.29, 1.82) is 0 Å². The minimum Gasteiger partial charge on any atom is -0.350 e. The molecule has 7 nitrogen and oxygen atoms in total. The molecule has 1 amide bonds. The second-order valence-electron chi connectivity index (χ2n) is 3.26. The standard InChI is InChI=1S/C9H11N5O2/c15-8(3-7-10-1-2-11-7)12-4-6-5-13-9(16)14-6/h1-2,5H,3-4H2,(H,10,11)(H,12,15)(H2,13,14,16). The Hall–Kier alpha value is -2.31. The summed E-state index contributed by atoms with van der Waals surface area (Å²) in [6.07, 6.45) is 4.97. The van der Waals surface area contributed by atoms with Crippen LogP contribution >= 0.6 is 0 Å². The second-order valence-corrected chi connectivity index (χ2v) is 3.26. The SMILES string of the molecule is O=C(Cc1ncc[nH]1)NCc1c[nH]c(=O)[nH]1. The highest BCUT2D eigenvalue weighted by Gasteiger charge is 2.05. The van der Waals surface area contributed by atoms with Gasteiger partial charge in [-0.3, -0.25) is 4.79 Å². The van der Waals surface area contributed by atoms with E-state index in [1.54, 1.807) is 12.4 Å². The number of H-pyrrole nitrogens is 3. The van der Waals surface area contributed by atoms with Crippen LogP contribution in [0.1, 0.15) is 11.5 Å². The zero-order chi connectivity index (χ0) is 11.4. The Balaban J connectivity index is 1.82. The number of hydrogen-bond donors (Lipinski definition) is 4. The molecule has 0 spiro atoms. The smallest absolute Gasteiger partial charge is 0.323 e. The minimum atomic E-state index is -0.282. The number of carbonyl (C=O) groups excluding carboxylic acids is 1. The summed E-state index contributed by atoms with van der Waals surface area (Å²) in [5.41, 5.74) is 0.355. The van der Waals surface area contributed by atoms with Crippen LogP contribution in [0.15, 0.2) is 23.4 Å². The second kappa shape index (κ2) is 4.47. The van der Waals surface area contributed by atoms with Gasteiger partial charge in [-0.15, -0.1) is 0 Å². The Morgan fingerprint density at radius 3 is 2.94 bits per heavy atom. The molecule has 0 aliphatic rings. The molecule has 0 aliphatic heterocycles. The van der Waals surface area contributed by atoms with Gasteiger partial charge < -0.3 is 20.3 Å². The van der Waals surface area contributed by atoms with Crippen LogP contribution in [0.25, 0.3) is 0 Å². The van der Waals surface area contributed by atoms with E-state index in [0.29, 0.717) is 11.5 Å². The first-order valence-corrected chi connectivity index (χ1v) is 4.75. The van der Waals surface area contributed by atoms with E-state index < -0.39 is 0 Å². The van der Waals surface area contributed by atoms with E-state index in [4.69, 9.17) is 0 Å². The minimum absolute atomic E-state index is 0.156. The third-order valence-electron chi connectivity index (χ3n) is 2.01. The third kappa shape index (κ3) is 2.59. The van der Waals surface area contributed by atoms with Gasteiger partial charge in [0.1, 0.15) is 5.82 Å². The Bertz CT molecular complexity index is 510. The lowest BCUT2D eigenvalue weighted by atomic mass is 10.3. The molecule has 2 aromatic rings. The maximum absolute atomic E-state index is 11.4. The number of aromatic nitrogens is 4. The molecular formula is C9H11N5O2. The summed E-state index contributed by atoms with van der Waals surface area (Å²) in [6, 6.07) is 0. The molecule has 0 saturated carbocycles. The first-order valence-electron chi connectivity index (χ1n) is 4.75. The molecule has 0 atom stereocenters. The molecule has 0 unspecified atom stereocenters. The molecule has 0 radical (unpaired) electrons. The molecule has 2 heterocycles. The zero-order valence-corrected chi connectivity index (χ0v) is 8.41. The van der Waals surface area contributed by atoms with Crippen LogP contribution in [-0.2, 0) is 17.8 Å². The van der Waals surface area contributed by atoms with Crippen molar-refractivity contribution in [3.8, 4) is 0 Å². The maximum atomic E-state index is 11.4. The van der Waals surface area contributed by atoms with Crippen molar-refractivity contribution >= 4 is 5.91 Å². The van der Waals surface area contributed by atoms with Gasteiger partial charge in [-0.2, -0.15) is 0 Å². The summed E-state index contributed by atoms with van der Waals surface area (Å²) in [5.74, 6) is 0.456. The molecule has 0 saturated heterocycles. The summed E-state index contributed by atoms with van der Waals surface area (Å²) >= 11 is 0. The monoisotopic (exact) mass is 221 g/mol. The van der Waals surface area contributed by atoms with E-state index in [0.717, 1.165) is 0 Å². The van der Waals surface area contributed by atoms with Gasteiger partial charge in [0.2, 0.25) is 5.91 Å². The van der Waals surface area contributed by atoms with Crippen molar-refractivity contribution in [3.05, 3.63) is 40.6 Å². The number of aromatic amines is 3. The predicted octanol–water partition coefficient (Wildman–Crippen LogP) is -0.715. The van der Waals surface area contributed by atoms with Gasteiger partial charge in [-0.05, 0) is 0 Å². The number of hydrogen-bond acceptors (Lipinski definition) is 3. The zero-order valence-electron chi connectivity index (χ0n) is 8.41. The number of imidazole rings is 2. The molecule has 0 fully saturated rings. The van der Waals surface area contributed by atoms with Crippen molar-refractivity contribution in [2.45, 2.75) is 13.0 Å². The van der Waals surface area contributed by atoms with Crippen LogP contribution in [0.2, 0.25) is 0 Å². The average Bonchev–Trinajstić information content (AvgIpc) is 2.87. The summed E-state index contributed by atoms with van der Waals surface area (Å²) < 4.78 is 0. The fraction of sp³-hybridized carbons (Fsp3) is 0.222. The lowest BCUT2D eigenvalue weighted by molar-refractivity contribution is -0.120. The van der Waals surface area contributed by atoms with Crippen molar-refractivity contribution in [3.63, 3.8) is 0 Å². The molecular weight excluding hydrogens is 210 g/mol. The Kier molecular flexibility index (Phi) is 2.86. The van der Waals surface area contributed by atoms with Crippen LogP contribution in [0.5, 0.6) is 0 Å². The summed E-state index contributed by atoms with van der Waals surface area (Å²) in [6.45, 7) is 0.290. The van der Waals surface area contributed by atoms with E-state index >= 15 is 0 Å². The van der Waals surface area contributed by atoms with Gasteiger partial charge in [0.05, 0.1) is 18.7 Å². The van der Waals surface area contributed by atoms with Crippen LogP contribution in [0.4, 0.5) is 0 Å². The molecule has 2 aromatic heterocycles. The molecule has 0 aliphatic carbocycles. The van der Waals surface area contributed by atoms with E-state index in [1.165, 1.54) is 6.20 Å². The van der Waals surface area contributed by atoms with Crippen molar-refractivity contribution < 1.29 is 4.79 Å². The number of nitrogens with one attached hydrogen (secondary N) is 4. The highest BCUT2D eigenvalue weighted by Crippen LogP contribution is 1.91.